The lowest BCUT2D eigenvalue weighted by molar-refractivity contribution is 0.0955. The van der Waals surface area contributed by atoms with Crippen molar-refractivity contribution in [3.63, 3.8) is 0 Å². The molecule has 1 saturated heterocycles. The highest BCUT2D eigenvalue weighted by molar-refractivity contribution is 6.32. The van der Waals surface area contributed by atoms with Crippen LogP contribution in [0.4, 0.5) is 5.82 Å². The normalized spacial score (nSPS) is 16.6. The number of rotatable bonds is 6. The number of amides is 2. The van der Waals surface area contributed by atoms with Gasteiger partial charge in [0.25, 0.3) is 11.8 Å². The predicted octanol–water partition coefficient (Wildman–Crippen LogP) is 3.50. The van der Waals surface area contributed by atoms with Crippen LogP contribution in [0.2, 0.25) is 5.02 Å². The number of allylic oxidation sites excluding steroid dienone is 3. The molecule has 3 heterocycles. The molecule has 1 aromatic heterocycles. The van der Waals surface area contributed by atoms with E-state index in [4.69, 9.17) is 11.6 Å². The fourth-order valence-electron chi connectivity index (χ4n) is 4.03. The molecule has 0 bridgehead atoms. The van der Waals surface area contributed by atoms with E-state index in [0.29, 0.717) is 28.6 Å². The van der Waals surface area contributed by atoms with Crippen LogP contribution in [0, 0.1) is 0 Å². The first-order chi connectivity index (χ1) is 16.0. The van der Waals surface area contributed by atoms with Crippen LogP contribution in [-0.2, 0) is 6.54 Å². The zero-order valence-corrected chi connectivity index (χ0v) is 19.2. The van der Waals surface area contributed by atoms with Gasteiger partial charge in [-0.05, 0) is 37.3 Å². The fourth-order valence-corrected chi connectivity index (χ4v) is 4.27. The molecular formula is C25H26ClN5O2. The predicted molar refractivity (Wildman–Crippen MR) is 130 cm³/mol. The van der Waals surface area contributed by atoms with Crippen molar-refractivity contribution in [1.82, 2.24) is 20.5 Å². The number of benzene rings is 1. The Morgan fingerprint density at radius 3 is 2.67 bits per heavy atom. The molecule has 2 aliphatic rings. The van der Waals surface area contributed by atoms with Crippen molar-refractivity contribution >= 4 is 29.2 Å². The van der Waals surface area contributed by atoms with E-state index in [2.05, 4.69) is 27.1 Å². The Kier molecular flexibility index (Phi) is 6.91. The number of nitrogens with zero attached hydrogens (tertiary/aromatic N) is 3. The molecule has 0 radical (unpaired) electrons. The van der Waals surface area contributed by atoms with E-state index in [1.54, 1.807) is 42.5 Å². The molecular weight excluding hydrogens is 438 g/mol. The minimum Gasteiger partial charge on any atom is -0.367 e. The molecule has 7 nitrogen and oxygen atoms in total. The van der Waals surface area contributed by atoms with Crippen LogP contribution in [0.1, 0.15) is 33.3 Å². The molecule has 170 valence electrons. The average molecular weight is 464 g/mol. The molecule has 0 aliphatic carbocycles. The van der Waals surface area contributed by atoms with Gasteiger partial charge in [0.05, 0.1) is 17.9 Å². The lowest BCUT2D eigenvalue weighted by atomic mass is 10.1. The first kappa shape index (κ1) is 22.8. The number of anilines is 1. The Balaban J connectivity index is 1.54. The average Bonchev–Trinajstić information content (AvgIpc) is 3.19. The van der Waals surface area contributed by atoms with E-state index in [-0.39, 0.29) is 17.5 Å². The standard InChI is InChI=1S/C25H26ClN5O2/c1-3-7-22(30-14-12-27-13-15-30)20(4-2)29-24(32)21-10-6-11-23(28-21)31-16-18-17(25(31)33)8-5-9-19(18)26/h3-11,27H,1,12-16H2,2H3,(H,29,32)/b20-4+,22-7+. The van der Waals surface area contributed by atoms with Gasteiger partial charge in [0, 0.05) is 42.3 Å². The summed E-state index contributed by atoms with van der Waals surface area (Å²) in [6, 6.07) is 10.3. The molecule has 1 aromatic carbocycles. The maximum absolute atomic E-state index is 13.1. The van der Waals surface area contributed by atoms with Gasteiger partial charge in [-0.3, -0.25) is 14.5 Å². The van der Waals surface area contributed by atoms with Gasteiger partial charge in [0.1, 0.15) is 11.5 Å². The van der Waals surface area contributed by atoms with Crippen LogP contribution in [0.15, 0.2) is 72.6 Å². The highest BCUT2D eigenvalue weighted by Crippen LogP contribution is 2.31. The number of fused-ring (bicyclic) bond motifs is 1. The van der Waals surface area contributed by atoms with Crippen molar-refractivity contribution in [2.75, 3.05) is 31.1 Å². The molecule has 8 heteroatoms. The third kappa shape index (κ3) is 4.69. The second-order valence-corrected chi connectivity index (χ2v) is 8.13. The maximum Gasteiger partial charge on any atom is 0.274 e. The number of halogens is 1. The van der Waals surface area contributed by atoms with Crippen LogP contribution >= 0.6 is 11.6 Å². The van der Waals surface area contributed by atoms with Crippen molar-refractivity contribution in [3.05, 3.63) is 94.4 Å². The molecule has 2 N–H and O–H groups in total. The van der Waals surface area contributed by atoms with Gasteiger partial charge in [0.2, 0.25) is 0 Å². The number of hydrogen-bond donors (Lipinski definition) is 2. The van der Waals surface area contributed by atoms with Crippen molar-refractivity contribution in [2.24, 2.45) is 0 Å². The quantitative estimate of drug-likeness (QED) is 0.641. The maximum atomic E-state index is 13.1. The number of hydrogen-bond acceptors (Lipinski definition) is 5. The van der Waals surface area contributed by atoms with Gasteiger partial charge in [-0.2, -0.15) is 0 Å². The smallest absolute Gasteiger partial charge is 0.274 e. The lowest BCUT2D eigenvalue weighted by Gasteiger charge is -2.32. The highest BCUT2D eigenvalue weighted by atomic mass is 35.5. The van der Waals surface area contributed by atoms with Gasteiger partial charge < -0.3 is 15.5 Å². The SMILES string of the molecule is C=C/C=C(\C(=C/C)NC(=O)c1cccc(N2Cc3c(Cl)cccc3C2=O)n1)N1CCNCC1. The summed E-state index contributed by atoms with van der Waals surface area (Å²) in [6.07, 6.45) is 5.48. The molecule has 0 saturated carbocycles. The summed E-state index contributed by atoms with van der Waals surface area (Å²) in [5.41, 5.74) is 3.14. The second-order valence-electron chi connectivity index (χ2n) is 7.72. The highest BCUT2D eigenvalue weighted by Gasteiger charge is 2.31. The summed E-state index contributed by atoms with van der Waals surface area (Å²) in [5.74, 6) is -0.121. The first-order valence-corrected chi connectivity index (χ1v) is 11.2. The lowest BCUT2D eigenvalue weighted by Crippen LogP contribution is -2.44. The molecule has 2 aromatic rings. The zero-order chi connectivity index (χ0) is 23.4. The van der Waals surface area contributed by atoms with E-state index in [0.717, 1.165) is 37.4 Å². The number of carbonyl (C=O) groups is 2. The monoisotopic (exact) mass is 463 g/mol. The van der Waals surface area contributed by atoms with Crippen molar-refractivity contribution in [3.8, 4) is 0 Å². The van der Waals surface area contributed by atoms with Crippen molar-refractivity contribution in [2.45, 2.75) is 13.5 Å². The van der Waals surface area contributed by atoms with E-state index >= 15 is 0 Å². The summed E-state index contributed by atoms with van der Waals surface area (Å²) in [6.45, 7) is 9.43. The van der Waals surface area contributed by atoms with Crippen LogP contribution in [-0.4, -0.2) is 47.9 Å². The van der Waals surface area contributed by atoms with Crippen LogP contribution in [0.3, 0.4) is 0 Å². The molecule has 2 aliphatic heterocycles. The van der Waals surface area contributed by atoms with Gasteiger partial charge in [-0.15, -0.1) is 0 Å². The minimum atomic E-state index is -0.350. The Hall–Kier alpha value is -3.42. The van der Waals surface area contributed by atoms with Gasteiger partial charge in [-0.1, -0.05) is 42.5 Å². The minimum absolute atomic E-state index is 0.179. The molecule has 0 spiro atoms. The number of piperazine rings is 1. The third-order valence-electron chi connectivity index (χ3n) is 5.70. The second kappa shape index (κ2) is 10.0. The largest absolute Gasteiger partial charge is 0.367 e. The van der Waals surface area contributed by atoms with Crippen LogP contribution < -0.4 is 15.5 Å². The zero-order valence-electron chi connectivity index (χ0n) is 18.5. The summed E-state index contributed by atoms with van der Waals surface area (Å²) in [5, 5.41) is 6.85. The number of aromatic nitrogens is 1. The van der Waals surface area contributed by atoms with Gasteiger partial charge in [-0.25, -0.2) is 4.98 Å². The third-order valence-corrected chi connectivity index (χ3v) is 6.05. The summed E-state index contributed by atoms with van der Waals surface area (Å²) in [4.78, 5) is 34.2. The van der Waals surface area contributed by atoms with E-state index < -0.39 is 0 Å². The van der Waals surface area contributed by atoms with Crippen molar-refractivity contribution in [1.29, 1.82) is 0 Å². The fraction of sp³-hybridized carbons (Fsp3) is 0.240. The Morgan fingerprint density at radius 1 is 1.21 bits per heavy atom. The molecule has 4 rings (SSSR count). The van der Waals surface area contributed by atoms with Gasteiger partial charge >= 0.3 is 0 Å². The molecule has 0 atom stereocenters. The Morgan fingerprint density at radius 2 is 1.97 bits per heavy atom. The van der Waals surface area contributed by atoms with Gasteiger partial charge in [0.15, 0.2) is 0 Å². The summed E-state index contributed by atoms with van der Waals surface area (Å²) >= 11 is 6.27. The van der Waals surface area contributed by atoms with Crippen LogP contribution in [0.25, 0.3) is 0 Å². The number of nitrogens with one attached hydrogen (secondary N) is 2. The van der Waals surface area contributed by atoms with E-state index in [9.17, 15) is 9.59 Å². The number of pyridine rings is 1. The Bertz CT molecular complexity index is 1150. The molecule has 0 unspecified atom stereocenters. The summed E-state index contributed by atoms with van der Waals surface area (Å²) < 4.78 is 0. The van der Waals surface area contributed by atoms with E-state index in [1.807, 2.05) is 19.1 Å². The van der Waals surface area contributed by atoms with Crippen LogP contribution in [0.5, 0.6) is 0 Å². The van der Waals surface area contributed by atoms with E-state index in [1.165, 1.54) is 4.90 Å². The topological polar surface area (TPSA) is 77.6 Å². The summed E-state index contributed by atoms with van der Waals surface area (Å²) in [7, 11) is 0. The van der Waals surface area contributed by atoms with Crippen molar-refractivity contribution < 1.29 is 9.59 Å². The molecule has 33 heavy (non-hydrogen) atoms. The molecule has 1 fully saturated rings. The number of carbonyl (C=O) groups excluding carboxylic acids is 2. The molecule has 2 amide bonds. The first-order valence-electron chi connectivity index (χ1n) is 10.9. The Labute approximate surface area is 198 Å².